The molecule has 0 bridgehead atoms. The summed E-state index contributed by atoms with van der Waals surface area (Å²) < 4.78 is 0. The largest absolute Gasteiger partial charge is 0.346 e. The minimum Gasteiger partial charge on any atom is -0.346 e. The minimum absolute atomic E-state index is 0. The lowest BCUT2D eigenvalue weighted by Crippen LogP contribution is -2.46. The van der Waals surface area contributed by atoms with Crippen molar-refractivity contribution in [1.29, 1.82) is 0 Å². The van der Waals surface area contributed by atoms with Crippen LogP contribution in [0.1, 0.15) is 19.4 Å². The van der Waals surface area contributed by atoms with Crippen LogP contribution in [-0.4, -0.2) is 24.9 Å². The highest BCUT2D eigenvalue weighted by Gasteiger charge is 2.22. The molecule has 5 nitrogen and oxygen atoms in total. The Labute approximate surface area is 129 Å². The molecule has 112 valence electrons. The van der Waals surface area contributed by atoms with Gasteiger partial charge in [0.05, 0.1) is 18.6 Å². The average molecular weight is 320 g/mol. The predicted octanol–water partition coefficient (Wildman–Crippen LogP) is 1.19. The van der Waals surface area contributed by atoms with E-state index < -0.39 is 5.54 Å². The van der Waals surface area contributed by atoms with E-state index in [9.17, 15) is 9.59 Å². The first-order valence-electron chi connectivity index (χ1n) is 5.89. The number of rotatable bonds is 5. The predicted molar refractivity (Wildman–Crippen MR) is 81.9 cm³/mol. The number of carbonyl (C=O) groups excluding carboxylic acids is 2. The third-order valence-electron chi connectivity index (χ3n) is 2.63. The molecular weight excluding hydrogens is 301 g/mol. The molecular formula is C13H19Cl2N3O2. The Morgan fingerprint density at radius 1 is 1.30 bits per heavy atom. The van der Waals surface area contributed by atoms with Crippen LogP contribution in [0.4, 0.5) is 0 Å². The molecule has 2 amide bonds. The van der Waals surface area contributed by atoms with Gasteiger partial charge in [0.15, 0.2) is 0 Å². The molecule has 0 unspecified atom stereocenters. The lowest BCUT2D eigenvalue weighted by Gasteiger charge is -2.27. The van der Waals surface area contributed by atoms with Crippen LogP contribution >= 0.6 is 24.0 Å². The van der Waals surface area contributed by atoms with Crippen LogP contribution in [0.5, 0.6) is 0 Å². The fourth-order valence-electron chi connectivity index (χ4n) is 1.59. The van der Waals surface area contributed by atoms with Gasteiger partial charge in [-0.1, -0.05) is 23.7 Å². The van der Waals surface area contributed by atoms with Gasteiger partial charge in [0, 0.05) is 5.02 Å². The van der Waals surface area contributed by atoms with Crippen LogP contribution in [0.3, 0.4) is 0 Å². The molecule has 1 aromatic rings. The molecule has 0 atom stereocenters. The second kappa shape index (κ2) is 8.09. The van der Waals surface area contributed by atoms with Crippen molar-refractivity contribution in [2.24, 2.45) is 5.73 Å². The van der Waals surface area contributed by atoms with Gasteiger partial charge >= 0.3 is 0 Å². The first-order valence-corrected chi connectivity index (χ1v) is 6.27. The summed E-state index contributed by atoms with van der Waals surface area (Å²) in [5.41, 5.74) is 5.45. The topological polar surface area (TPSA) is 84.2 Å². The first kappa shape index (κ1) is 18.7. The number of nitrogens with two attached hydrogens (primary N) is 1. The van der Waals surface area contributed by atoms with Crippen LogP contribution in [0.2, 0.25) is 5.02 Å². The number of nitrogens with one attached hydrogen (secondary N) is 2. The SMILES string of the molecule is CC(C)(NC(=O)CNC(=O)CN)c1cccc(Cl)c1.Cl. The minimum atomic E-state index is -0.574. The quantitative estimate of drug-likeness (QED) is 0.762. The lowest BCUT2D eigenvalue weighted by molar-refractivity contribution is -0.126. The maximum absolute atomic E-state index is 11.7. The fraction of sp³-hybridized carbons (Fsp3) is 0.385. The molecule has 1 aromatic carbocycles. The molecule has 0 saturated carbocycles. The van der Waals surface area contributed by atoms with Gasteiger partial charge < -0.3 is 16.4 Å². The summed E-state index contributed by atoms with van der Waals surface area (Å²) in [6, 6.07) is 7.26. The number of amides is 2. The molecule has 0 saturated heterocycles. The van der Waals surface area contributed by atoms with E-state index in [1.165, 1.54) is 0 Å². The molecule has 0 heterocycles. The Morgan fingerprint density at radius 3 is 2.50 bits per heavy atom. The summed E-state index contributed by atoms with van der Waals surface area (Å²) in [6.45, 7) is 3.49. The van der Waals surface area contributed by atoms with Crippen LogP contribution in [0, 0.1) is 0 Å². The van der Waals surface area contributed by atoms with E-state index in [0.29, 0.717) is 5.02 Å². The van der Waals surface area contributed by atoms with Crippen molar-refractivity contribution in [3.05, 3.63) is 34.9 Å². The number of carbonyl (C=O) groups is 2. The van der Waals surface area contributed by atoms with Crippen LogP contribution in [-0.2, 0) is 15.1 Å². The van der Waals surface area contributed by atoms with E-state index >= 15 is 0 Å². The Bertz CT molecular complexity index is 478. The Morgan fingerprint density at radius 2 is 1.95 bits per heavy atom. The zero-order chi connectivity index (χ0) is 14.5. The first-order chi connectivity index (χ1) is 8.85. The Kier molecular flexibility index (Phi) is 7.57. The van der Waals surface area contributed by atoms with Crippen molar-refractivity contribution in [3.63, 3.8) is 0 Å². The summed E-state index contributed by atoms with van der Waals surface area (Å²) in [5.74, 6) is -0.650. The number of benzene rings is 1. The summed E-state index contributed by atoms with van der Waals surface area (Å²) in [7, 11) is 0. The van der Waals surface area contributed by atoms with E-state index in [-0.39, 0.29) is 37.3 Å². The molecule has 0 spiro atoms. The zero-order valence-corrected chi connectivity index (χ0v) is 13.0. The van der Waals surface area contributed by atoms with Gasteiger partial charge in [-0.3, -0.25) is 9.59 Å². The third kappa shape index (κ3) is 5.77. The van der Waals surface area contributed by atoms with Gasteiger partial charge in [0.2, 0.25) is 11.8 Å². The summed E-state index contributed by atoms with van der Waals surface area (Å²) in [6.07, 6.45) is 0. The lowest BCUT2D eigenvalue weighted by atomic mass is 9.94. The van der Waals surface area contributed by atoms with E-state index in [4.69, 9.17) is 17.3 Å². The van der Waals surface area contributed by atoms with Crippen molar-refractivity contribution < 1.29 is 9.59 Å². The van der Waals surface area contributed by atoms with Gasteiger partial charge in [-0.25, -0.2) is 0 Å². The fourth-order valence-corrected chi connectivity index (χ4v) is 1.78. The van der Waals surface area contributed by atoms with E-state index in [1.54, 1.807) is 12.1 Å². The van der Waals surface area contributed by atoms with Gasteiger partial charge in [0.25, 0.3) is 0 Å². The molecule has 0 aliphatic rings. The molecule has 20 heavy (non-hydrogen) atoms. The molecule has 7 heteroatoms. The average Bonchev–Trinajstić information content (AvgIpc) is 2.35. The molecule has 0 aliphatic carbocycles. The maximum atomic E-state index is 11.7. The van der Waals surface area contributed by atoms with Gasteiger partial charge in [0.1, 0.15) is 0 Å². The molecule has 0 aromatic heterocycles. The van der Waals surface area contributed by atoms with Crippen molar-refractivity contribution in [1.82, 2.24) is 10.6 Å². The highest BCUT2D eigenvalue weighted by atomic mass is 35.5. The monoisotopic (exact) mass is 319 g/mol. The molecule has 0 aliphatic heterocycles. The van der Waals surface area contributed by atoms with Crippen LogP contribution < -0.4 is 16.4 Å². The Hall–Kier alpha value is -1.30. The number of hydrogen-bond donors (Lipinski definition) is 3. The highest BCUT2D eigenvalue weighted by molar-refractivity contribution is 6.30. The maximum Gasteiger partial charge on any atom is 0.240 e. The third-order valence-corrected chi connectivity index (χ3v) is 2.86. The van der Waals surface area contributed by atoms with Crippen molar-refractivity contribution in [3.8, 4) is 0 Å². The second-order valence-electron chi connectivity index (χ2n) is 4.66. The smallest absolute Gasteiger partial charge is 0.240 e. The number of hydrogen-bond acceptors (Lipinski definition) is 3. The summed E-state index contributed by atoms with van der Waals surface area (Å²) in [5, 5.41) is 5.85. The summed E-state index contributed by atoms with van der Waals surface area (Å²) >= 11 is 5.93. The Balaban J connectivity index is 0.00000361. The zero-order valence-electron chi connectivity index (χ0n) is 11.4. The highest BCUT2D eigenvalue weighted by Crippen LogP contribution is 2.22. The van der Waals surface area contributed by atoms with Gasteiger partial charge in [-0.15, -0.1) is 12.4 Å². The van der Waals surface area contributed by atoms with Gasteiger partial charge in [-0.05, 0) is 31.5 Å². The number of halogens is 2. The standard InChI is InChI=1S/C13H18ClN3O2.ClH/c1-13(2,9-4-3-5-10(14)6-9)17-12(19)8-16-11(18)7-15;/h3-6H,7-8,15H2,1-2H3,(H,16,18)(H,17,19);1H. The van der Waals surface area contributed by atoms with Crippen LogP contribution in [0.25, 0.3) is 0 Å². The summed E-state index contributed by atoms with van der Waals surface area (Å²) in [4.78, 5) is 22.7. The van der Waals surface area contributed by atoms with E-state index in [1.807, 2.05) is 26.0 Å². The van der Waals surface area contributed by atoms with E-state index in [0.717, 1.165) is 5.56 Å². The van der Waals surface area contributed by atoms with Crippen LogP contribution in [0.15, 0.2) is 24.3 Å². The van der Waals surface area contributed by atoms with Crippen molar-refractivity contribution >= 4 is 35.8 Å². The molecule has 0 radical (unpaired) electrons. The normalized spacial score (nSPS) is 10.4. The molecule has 1 rings (SSSR count). The van der Waals surface area contributed by atoms with Crippen molar-refractivity contribution in [2.75, 3.05) is 13.1 Å². The molecule has 4 N–H and O–H groups in total. The van der Waals surface area contributed by atoms with Gasteiger partial charge in [-0.2, -0.15) is 0 Å². The second-order valence-corrected chi connectivity index (χ2v) is 5.10. The molecule has 0 fully saturated rings. The van der Waals surface area contributed by atoms with Crippen molar-refractivity contribution in [2.45, 2.75) is 19.4 Å². The van der Waals surface area contributed by atoms with E-state index in [2.05, 4.69) is 10.6 Å².